The third-order valence-corrected chi connectivity index (χ3v) is 7.91. The first kappa shape index (κ1) is 17.5. The maximum atomic E-state index is 9.70. The van der Waals surface area contributed by atoms with Crippen LogP contribution in [0.5, 0.6) is 0 Å². The third kappa shape index (κ3) is 5.60. The van der Waals surface area contributed by atoms with Crippen molar-refractivity contribution in [2.75, 3.05) is 4.90 Å². The minimum Gasteiger partial charge on any atom is -0.310 e. The monoisotopic (exact) mass is 612 g/mol. The van der Waals surface area contributed by atoms with Crippen LogP contribution in [0.1, 0.15) is 17.8 Å². The Kier molecular flexibility index (Phi) is 4.72. The van der Waals surface area contributed by atoms with Crippen molar-refractivity contribution in [3.8, 4) is 44.5 Å². The number of hydrogen-bond acceptors (Lipinski definition) is 1. The van der Waals surface area contributed by atoms with Crippen molar-refractivity contribution in [2.24, 2.45) is 0 Å². The molecule has 1 nitrogen and oxygen atoms in total. The van der Waals surface area contributed by atoms with Crippen LogP contribution in [0.25, 0.3) is 55.3 Å². The summed E-state index contributed by atoms with van der Waals surface area (Å²) in [7, 11) is 0. The van der Waals surface area contributed by atoms with Gasteiger partial charge in [-0.3, -0.25) is 0 Å². The second-order valence-corrected chi connectivity index (χ2v) is 10.7. The van der Waals surface area contributed by atoms with Gasteiger partial charge in [-0.05, 0) is 80.0 Å². The van der Waals surface area contributed by atoms with E-state index in [1.165, 1.54) is 4.90 Å². The molecular weight excluding hydrogens is 567 g/mol. The van der Waals surface area contributed by atoms with E-state index in [0.29, 0.717) is 27.6 Å². The lowest BCUT2D eigenvalue weighted by Crippen LogP contribution is -2.11. The van der Waals surface area contributed by atoms with Gasteiger partial charge in [0.25, 0.3) is 0 Å². The molecule has 0 saturated heterocycles. The normalized spacial score (nSPS) is 14.9. The van der Waals surface area contributed by atoms with Crippen LogP contribution in [-0.4, -0.2) is 0 Å². The molecular formula is C46H33N. The van der Waals surface area contributed by atoms with Gasteiger partial charge in [-0.2, -0.15) is 0 Å². The van der Waals surface area contributed by atoms with Gasteiger partial charge in [0.1, 0.15) is 0 Å². The highest BCUT2D eigenvalue weighted by Gasteiger charge is 2.18. The molecule has 8 rings (SSSR count). The summed E-state index contributed by atoms with van der Waals surface area (Å²) in [6, 6.07) is 28.3. The highest BCUT2D eigenvalue weighted by atomic mass is 15.1. The van der Waals surface area contributed by atoms with E-state index >= 15 is 0 Å². The summed E-state index contributed by atoms with van der Waals surface area (Å²) in [5.74, 6) is 0. The molecule has 47 heavy (non-hydrogen) atoms. The highest BCUT2D eigenvalue weighted by Crippen LogP contribution is 2.43. The van der Waals surface area contributed by atoms with Gasteiger partial charge in [-0.1, -0.05) is 170 Å². The molecule has 1 heteroatoms. The summed E-state index contributed by atoms with van der Waals surface area (Å²) in [6.45, 7) is 0. The van der Waals surface area contributed by atoms with E-state index in [2.05, 4.69) is 0 Å². The lowest BCUT2D eigenvalue weighted by Gasteiger charge is -2.28. The van der Waals surface area contributed by atoms with Gasteiger partial charge in [0.05, 0.1) is 23.5 Å². The zero-order chi connectivity index (χ0) is 42.7. The van der Waals surface area contributed by atoms with Gasteiger partial charge in [-0.15, -0.1) is 0 Å². The van der Waals surface area contributed by atoms with Crippen molar-refractivity contribution < 1.29 is 17.8 Å². The number of nitrogens with zero attached hydrogens (tertiary/aromatic N) is 1. The lowest BCUT2D eigenvalue weighted by molar-refractivity contribution is 1.28. The number of hydrogen-bond donors (Lipinski definition) is 0. The van der Waals surface area contributed by atoms with Gasteiger partial charge in [0, 0.05) is 16.9 Å². The van der Waals surface area contributed by atoms with Gasteiger partial charge in [0.15, 0.2) is 0 Å². The Labute approximate surface area is 294 Å². The molecule has 8 aromatic carbocycles. The molecule has 0 amide bonds. The molecule has 0 heterocycles. The van der Waals surface area contributed by atoms with Gasteiger partial charge >= 0.3 is 0 Å². The quantitative estimate of drug-likeness (QED) is 0.173. The predicted octanol–water partition coefficient (Wildman–Crippen LogP) is 13.0. The van der Waals surface area contributed by atoms with E-state index in [4.69, 9.17) is 6.85 Å². The van der Waals surface area contributed by atoms with Gasteiger partial charge in [-0.25, -0.2) is 0 Å². The first-order valence-electron chi connectivity index (χ1n) is 21.6. The molecule has 0 aliphatic rings. The second-order valence-electron chi connectivity index (χ2n) is 10.7. The molecule has 222 valence electrons. The predicted molar refractivity (Wildman–Crippen MR) is 200 cm³/mol. The Morgan fingerprint density at radius 3 is 1.57 bits per heavy atom. The second kappa shape index (κ2) is 12.7. The molecule has 0 aromatic heterocycles. The highest BCUT2D eigenvalue weighted by molar-refractivity contribution is 6.04. The molecule has 0 aliphatic heterocycles. The molecule has 0 saturated carbocycles. The van der Waals surface area contributed by atoms with Crippen LogP contribution in [0.4, 0.5) is 17.1 Å². The topological polar surface area (TPSA) is 3.24 Å². The Morgan fingerprint density at radius 1 is 0.362 bits per heavy atom. The van der Waals surface area contributed by atoms with Crippen LogP contribution in [0.2, 0.25) is 0 Å². The average molecular weight is 613 g/mol. The van der Waals surface area contributed by atoms with Crippen LogP contribution in [0, 0.1) is 0 Å². The molecule has 0 unspecified atom stereocenters. The van der Waals surface area contributed by atoms with E-state index < -0.39 is 95.4 Å². The fourth-order valence-electron chi connectivity index (χ4n) is 5.74. The number of rotatable bonds is 7. The van der Waals surface area contributed by atoms with Crippen molar-refractivity contribution in [3.63, 3.8) is 0 Å². The van der Waals surface area contributed by atoms with E-state index in [0.717, 1.165) is 10.9 Å². The SMILES string of the molecule is [2H]c1c([2H])c([2H])c(-c2c([2H])c([2H])c(N(c3ccccc3-c3ccccc3)c3c([2H])c([2H])c(-c4c(-c5ccccc5)ccc5ccccc45)c([2H])c3[2H])c([2H])c2[2H])c([2H])c1[2H]. The number of para-hydroxylation sites is 1. The number of anilines is 3. The van der Waals surface area contributed by atoms with E-state index in [1.807, 2.05) is 84.9 Å². The summed E-state index contributed by atoms with van der Waals surface area (Å²) in [5.41, 5.74) is 1.53. The molecule has 8 aromatic rings. The molecule has 0 fully saturated rings. The fraction of sp³-hybridized carbons (Fsp3) is 0. The molecule has 0 atom stereocenters. The fourth-order valence-corrected chi connectivity index (χ4v) is 5.74. The Hall–Kier alpha value is -6.18. The number of benzene rings is 8. The molecule has 0 spiro atoms. The van der Waals surface area contributed by atoms with Crippen LogP contribution in [0.3, 0.4) is 0 Å². The van der Waals surface area contributed by atoms with Crippen molar-refractivity contribution in [1.29, 1.82) is 0 Å². The van der Waals surface area contributed by atoms with E-state index in [9.17, 15) is 11.0 Å². The Bertz CT molecular complexity index is 2940. The molecule has 0 N–H and O–H groups in total. The zero-order valence-electron chi connectivity index (χ0n) is 38.0. The van der Waals surface area contributed by atoms with Crippen molar-refractivity contribution in [3.05, 3.63) is 200 Å². The Balaban J connectivity index is 1.48. The minimum absolute atomic E-state index is 0.0248. The first-order valence-corrected chi connectivity index (χ1v) is 15.1. The van der Waals surface area contributed by atoms with Crippen LogP contribution in [-0.2, 0) is 0 Å². The number of fused-ring (bicyclic) bond motifs is 1. The standard InChI is InChI=1S/C46H33N/c1-4-14-34(15-5-1)35-24-29-40(30-25-35)47(45-23-13-12-21-42(45)36-16-6-2-7-17-36)41-31-26-39(27-32-41)46-43-22-11-10-20-38(43)28-33-44(46)37-18-8-3-9-19-37/h1-33H/i1D,4D,5D,14D,15D,24D,25D,26D,27D,29D,30D,31D,32D. The zero-order valence-corrected chi connectivity index (χ0v) is 25.0. The summed E-state index contributed by atoms with van der Waals surface area (Å²) in [5, 5.41) is 1.51. The summed E-state index contributed by atoms with van der Waals surface area (Å²) in [6.07, 6.45) is 0. The molecule has 0 bridgehead atoms. The van der Waals surface area contributed by atoms with Crippen LogP contribution >= 0.6 is 0 Å². The Morgan fingerprint density at radius 2 is 0.894 bits per heavy atom. The van der Waals surface area contributed by atoms with Gasteiger partial charge in [0.2, 0.25) is 0 Å². The van der Waals surface area contributed by atoms with Gasteiger partial charge < -0.3 is 4.90 Å². The largest absolute Gasteiger partial charge is 0.310 e. The average Bonchev–Trinajstić information content (AvgIpc) is 3.27. The molecule has 0 aliphatic carbocycles. The minimum atomic E-state index is -0.734. The van der Waals surface area contributed by atoms with Crippen LogP contribution < -0.4 is 4.90 Å². The maximum Gasteiger partial charge on any atom is 0.0645 e. The van der Waals surface area contributed by atoms with Crippen molar-refractivity contribution in [2.45, 2.75) is 0 Å². The van der Waals surface area contributed by atoms with Crippen LogP contribution in [0.15, 0.2) is 200 Å². The maximum absolute atomic E-state index is 9.70. The summed E-state index contributed by atoms with van der Waals surface area (Å²) >= 11 is 0. The summed E-state index contributed by atoms with van der Waals surface area (Å²) in [4.78, 5) is 1.21. The van der Waals surface area contributed by atoms with Crippen molar-refractivity contribution >= 4 is 27.8 Å². The molecule has 0 radical (unpaired) electrons. The third-order valence-electron chi connectivity index (χ3n) is 7.91. The van der Waals surface area contributed by atoms with E-state index in [1.54, 1.807) is 36.4 Å². The smallest absolute Gasteiger partial charge is 0.0645 e. The van der Waals surface area contributed by atoms with Crippen molar-refractivity contribution in [1.82, 2.24) is 0 Å². The summed E-state index contributed by atoms with van der Waals surface area (Å²) < 4.78 is 118. The lowest BCUT2D eigenvalue weighted by atomic mass is 9.89. The first-order chi connectivity index (χ1) is 28.8. The van der Waals surface area contributed by atoms with E-state index in [-0.39, 0.29) is 16.9 Å².